The molecule has 1 aromatic heterocycles. The van der Waals surface area contributed by atoms with Gasteiger partial charge in [-0.2, -0.15) is 0 Å². The number of ketones is 1. The van der Waals surface area contributed by atoms with E-state index in [0.29, 0.717) is 16.6 Å². The van der Waals surface area contributed by atoms with E-state index < -0.39 is 17.7 Å². The van der Waals surface area contributed by atoms with Crippen molar-refractivity contribution in [3.63, 3.8) is 0 Å². The molecule has 0 radical (unpaired) electrons. The van der Waals surface area contributed by atoms with E-state index in [1.54, 1.807) is 12.1 Å². The van der Waals surface area contributed by atoms with Gasteiger partial charge in [0.15, 0.2) is 0 Å². The van der Waals surface area contributed by atoms with Crippen molar-refractivity contribution in [2.24, 2.45) is 0 Å². The van der Waals surface area contributed by atoms with Gasteiger partial charge in [-0.15, -0.1) is 0 Å². The van der Waals surface area contributed by atoms with Gasteiger partial charge >= 0.3 is 5.91 Å². The Morgan fingerprint density at radius 1 is 0.969 bits per heavy atom. The molecule has 1 atom stereocenters. The van der Waals surface area contributed by atoms with Crippen LogP contribution in [0.15, 0.2) is 84.4 Å². The Hall–Kier alpha value is -4.19. The number of para-hydroxylation sites is 2. The summed E-state index contributed by atoms with van der Waals surface area (Å²) < 4.78 is 0. The van der Waals surface area contributed by atoms with Gasteiger partial charge in [0.1, 0.15) is 5.76 Å². The number of H-pyrrole nitrogens is 1. The Bertz CT molecular complexity index is 1320. The van der Waals surface area contributed by atoms with E-state index in [2.05, 4.69) is 9.97 Å². The number of anilines is 1. The molecule has 1 aliphatic rings. The van der Waals surface area contributed by atoms with E-state index in [1.807, 2.05) is 73.7 Å². The van der Waals surface area contributed by atoms with E-state index in [0.717, 1.165) is 17.5 Å². The van der Waals surface area contributed by atoms with E-state index >= 15 is 0 Å². The maximum Gasteiger partial charge on any atom is 0.302 e. The van der Waals surface area contributed by atoms with Crippen LogP contribution in [0.4, 0.5) is 5.95 Å². The summed E-state index contributed by atoms with van der Waals surface area (Å²) in [7, 11) is 0. The highest BCUT2D eigenvalue weighted by molar-refractivity contribution is 6.51. The summed E-state index contributed by atoms with van der Waals surface area (Å²) in [6.45, 7) is 2.04. The maximum atomic E-state index is 13.2. The number of benzene rings is 3. The van der Waals surface area contributed by atoms with Crippen molar-refractivity contribution in [3.8, 4) is 0 Å². The number of aliphatic hydroxyl groups excluding tert-OH is 1. The molecule has 3 aromatic carbocycles. The van der Waals surface area contributed by atoms with Gasteiger partial charge in [0.05, 0.1) is 22.6 Å². The number of aliphatic hydroxyl groups is 1. The van der Waals surface area contributed by atoms with Gasteiger partial charge in [0, 0.05) is 5.56 Å². The summed E-state index contributed by atoms with van der Waals surface area (Å²) in [6.07, 6.45) is 0.863. The predicted molar refractivity (Wildman–Crippen MR) is 123 cm³/mol. The van der Waals surface area contributed by atoms with Crippen molar-refractivity contribution >= 4 is 34.4 Å². The number of carbonyl (C=O) groups excluding carboxylic acids is 2. The van der Waals surface area contributed by atoms with Gasteiger partial charge in [-0.05, 0) is 29.7 Å². The summed E-state index contributed by atoms with van der Waals surface area (Å²) in [5.74, 6) is -1.40. The number of aromatic nitrogens is 2. The minimum absolute atomic E-state index is 0.0471. The summed E-state index contributed by atoms with van der Waals surface area (Å²) in [6, 6.07) is 23.2. The number of nitrogens with zero attached hydrogens (tertiary/aromatic N) is 2. The number of fused-ring (bicyclic) bond motifs is 1. The molecule has 2 heterocycles. The molecular weight excluding hydrogens is 402 g/mol. The van der Waals surface area contributed by atoms with Crippen LogP contribution in [0.25, 0.3) is 16.8 Å². The molecule has 1 saturated heterocycles. The fourth-order valence-electron chi connectivity index (χ4n) is 4.11. The molecule has 32 heavy (non-hydrogen) atoms. The van der Waals surface area contributed by atoms with Gasteiger partial charge in [-0.3, -0.25) is 14.5 Å². The van der Waals surface area contributed by atoms with Crippen molar-refractivity contribution in [2.75, 3.05) is 4.90 Å². The molecule has 4 aromatic rings. The zero-order valence-electron chi connectivity index (χ0n) is 17.4. The fraction of sp³-hybridized carbons (Fsp3) is 0.115. The second-order valence-corrected chi connectivity index (χ2v) is 7.71. The van der Waals surface area contributed by atoms with E-state index in [4.69, 9.17) is 0 Å². The largest absolute Gasteiger partial charge is 0.507 e. The molecule has 1 amide bonds. The van der Waals surface area contributed by atoms with Crippen LogP contribution in [0, 0.1) is 0 Å². The Labute approximate surface area is 184 Å². The van der Waals surface area contributed by atoms with Crippen LogP contribution in [0.1, 0.15) is 29.7 Å². The Morgan fingerprint density at radius 3 is 2.34 bits per heavy atom. The van der Waals surface area contributed by atoms with Crippen LogP contribution in [0.3, 0.4) is 0 Å². The molecule has 0 aliphatic carbocycles. The summed E-state index contributed by atoms with van der Waals surface area (Å²) >= 11 is 0. The molecule has 158 valence electrons. The van der Waals surface area contributed by atoms with E-state index in [1.165, 1.54) is 4.90 Å². The molecule has 1 fully saturated rings. The number of imidazole rings is 1. The third-order valence-electron chi connectivity index (χ3n) is 5.80. The number of aromatic amines is 1. The number of rotatable bonds is 4. The molecule has 5 rings (SSSR count). The van der Waals surface area contributed by atoms with Gasteiger partial charge in [0.25, 0.3) is 5.78 Å². The van der Waals surface area contributed by atoms with Crippen LogP contribution < -0.4 is 4.90 Å². The molecule has 0 spiro atoms. The lowest BCUT2D eigenvalue weighted by atomic mass is 9.95. The smallest absolute Gasteiger partial charge is 0.302 e. The SMILES string of the molecule is CCc1ccc(/C(O)=C2\C(=O)C(=O)N(c3nc4ccccc4[nH]3)C2c2ccccc2)cc1. The summed E-state index contributed by atoms with van der Waals surface area (Å²) in [5.41, 5.74) is 3.80. The quantitative estimate of drug-likeness (QED) is 0.282. The van der Waals surface area contributed by atoms with Crippen molar-refractivity contribution in [1.29, 1.82) is 0 Å². The lowest BCUT2D eigenvalue weighted by molar-refractivity contribution is -0.132. The van der Waals surface area contributed by atoms with Crippen LogP contribution in [-0.4, -0.2) is 26.8 Å². The highest BCUT2D eigenvalue weighted by atomic mass is 16.3. The number of amides is 1. The number of Topliss-reactive ketones (excluding diaryl/α,β-unsaturated/α-hetero) is 1. The molecule has 6 heteroatoms. The highest BCUT2D eigenvalue weighted by Gasteiger charge is 2.48. The number of hydrogen-bond donors (Lipinski definition) is 2. The van der Waals surface area contributed by atoms with Crippen LogP contribution in [-0.2, 0) is 16.0 Å². The normalized spacial score (nSPS) is 17.9. The average molecular weight is 423 g/mol. The molecule has 1 aliphatic heterocycles. The van der Waals surface area contributed by atoms with Crippen LogP contribution in [0.2, 0.25) is 0 Å². The minimum Gasteiger partial charge on any atom is -0.507 e. The third kappa shape index (κ3) is 3.17. The molecule has 0 saturated carbocycles. The number of aryl methyl sites for hydroxylation is 1. The van der Waals surface area contributed by atoms with Crippen molar-refractivity contribution in [3.05, 3.63) is 101 Å². The van der Waals surface area contributed by atoms with E-state index in [-0.39, 0.29) is 17.3 Å². The standard InChI is InChI=1S/C26H21N3O3/c1-2-16-12-14-18(15-13-16)23(30)21-22(17-8-4-3-5-9-17)29(25(32)24(21)31)26-27-19-10-6-7-11-20(19)28-26/h3-15,22,30H,2H2,1H3,(H,27,28)/b23-21+. The van der Waals surface area contributed by atoms with Gasteiger partial charge < -0.3 is 10.1 Å². The predicted octanol–water partition coefficient (Wildman–Crippen LogP) is 4.75. The van der Waals surface area contributed by atoms with Gasteiger partial charge in [0.2, 0.25) is 5.95 Å². The third-order valence-corrected chi connectivity index (χ3v) is 5.80. The Kier molecular flexibility index (Phi) is 4.82. The summed E-state index contributed by atoms with van der Waals surface area (Å²) in [4.78, 5) is 35.4. The van der Waals surface area contributed by atoms with Crippen molar-refractivity contribution < 1.29 is 14.7 Å². The Balaban J connectivity index is 1.70. The molecular formula is C26H21N3O3. The van der Waals surface area contributed by atoms with Gasteiger partial charge in [-0.1, -0.05) is 73.7 Å². The first-order valence-electron chi connectivity index (χ1n) is 10.5. The minimum atomic E-state index is -0.803. The molecule has 0 bridgehead atoms. The van der Waals surface area contributed by atoms with Gasteiger partial charge in [-0.25, -0.2) is 4.98 Å². The molecule has 2 N–H and O–H groups in total. The average Bonchev–Trinajstić information content (AvgIpc) is 3.38. The Morgan fingerprint density at radius 2 is 1.66 bits per heavy atom. The molecule has 1 unspecified atom stereocenters. The number of nitrogens with one attached hydrogen (secondary N) is 1. The second-order valence-electron chi connectivity index (χ2n) is 7.71. The first kappa shape index (κ1) is 19.8. The van der Waals surface area contributed by atoms with Crippen LogP contribution >= 0.6 is 0 Å². The first-order valence-corrected chi connectivity index (χ1v) is 10.5. The first-order chi connectivity index (χ1) is 15.6. The zero-order valence-corrected chi connectivity index (χ0v) is 17.4. The second kappa shape index (κ2) is 7.81. The fourth-order valence-corrected chi connectivity index (χ4v) is 4.11. The lowest BCUT2D eigenvalue weighted by Crippen LogP contribution is -2.30. The van der Waals surface area contributed by atoms with Crippen molar-refractivity contribution in [1.82, 2.24) is 9.97 Å². The number of hydrogen-bond acceptors (Lipinski definition) is 4. The number of carbonyl (C=O) groups is 2. The zero-order chi connectivity index (χ0) is 22.2. The molecule has 6 nitrogen and oxygen atoms in total. The maximum absolute atomic E-state index is 13.2. The van der Waals surface area contributed by atoms with E-state index in [9.17, 15) is 14.7 Å². The van der Waals surface area contributed by atoms with Crippen LogP contribution in [0.5, 0.6) is 0 Å². The van der Waals surface area contributed by atoms with Crippen molar-refractivity contribution in [2.45, 2.75) is 19.4 Å². The summed E-state index contributed by atoms with van der Waals surface area (Å²) in [5, 5.41) is 11.2. The highest BCUT2D eigenvalue weighted by Crippen LogP contribution is 2.41. The lowest BCUT2D eigenvalue weighted by Gasteiger charge is -2.23. The monoisotopic (exact) mass is 423 g/mol. The topological polar surface area (TPSA) is 86.3 Å².